The largest absolute Gasteiger partial charge is 0.496 e. The van der Waals surface area contributed by atoms with Gasteiger partial charge in [-0.05, 0) is 37.1 Å². The van der Waals surface area contributed by atoms with Gasteiger partial charge in [0.25, 0.3) is 0 Å². The number of rotatable bonds is 7. The summed E-state index contributed by atoms with van der Waals surface area (Å²) in [4.78, 5) is 0. The van der Waals surface area contributed by atoms with Gasteiger partial charge in [-0.1, -0.05) is 30.7 Å². The monoisotopic (exact) mass is 317 g/mol. The van der Waals surface area contributed by atoms with E-state index in [0.717, 1.165) is 23.3 Å². The summed E-state index contributed by atoms with van der Waals surface area (Å²) >= 11 is 0. The number of aliphatic hydroxyl groups excluding tert-OH is 1. The van der Waals surface area contributed by atoms with Gasteiger partial charge in [-0.2, -0.15) is 0 Å². The van der Waals surface area contributed by atoms with Gasteiger partial charge in [0.1, 0.15) is 11.6 Å². The van der Waals surface area contributed by atoms with Crippen LogP contribution in [-0.4, -0.2) is 12.2 Å². The van der Waals surface area contributed by atoms with Crippen LogP contribution in [0.2, 0.25) is 0 Å². The SMILES string of the molecule is CCC(NCc1ccc(F)c(CO)c1)c1cc(C)ccc1OC. The maximum absolute atomic E-state index is 13.4. The van der Waals surface area contributed by atoms with Crippen LogP contribution < -0.4 is 10.1 Å². The third kappa shape index (κ3) is 4.30. The normalized spacial score (nSPS) is 12.2. The van der Waals surface area contributed by atoms with Gasteiger partial charge >= 0.3 is 0 Å². The lowest BCUT2D eigenvalue weighted by atomic mass is 10.0. The zero-order valence-corrected chi connectivity index (χ0v) is 13.9. The molecule has 0 aliphatic heterocycles. The fourth-order valence-corrected chi connectivity index (χ4v) is 2.70. The lowest BCUT2D eigenvalue weighted by Gasteiger charge is -2.21. The molecule has 0 amide bonds. The minimum atomic E-state index is -0.372. The number of methoxy groups -OCH3 is 1. The molecule has 1 unspecified atom stereocenters. The topological polar surface area (TPSA) is 41.5 Å². The van der Waals surface area contributed by atoms with E-state index in [-0.39, 0.29) is 18.5 Å². The molecule has 3 nitrogen and oxygen atoms in total. The lowest BCUT2D eigenvalue weighted by molar-refractivity contribution is 0.275. The minimum Gasteiger partial charge on any atom is -0.496 e. The molecule has 1 atom stereocenters. The highest BCUT2D eigenvalue weighted by molar-refractivity contribution is 5.39. The van der Waals surface area contributed by atoms with Crippen molar-refractivity contribution in [3.8, 4) is 5.75 Å². The van der Waals surface area contributed by atoms with Crippen LogP contribution in [-0.2, 0) is 13.2 Å². The van der Waals surface area contributed by atoms with Gasteiger partial charge in [0, 0.05) is 23.7 Å². The van der Waals surface area contributed by atoms with Crippen LogP contribution in [0.3, 0.4) is 0 Å². The second kappa shape index (κ2) is 8.09. The number of aryl methyl sites for hydroxylation is 1. The van der Waals surface area contributed by atoms with Crippen molar-refractivity contribution in [2.24, 2.45) is 0 Å². The average molecular weight is 317 g/mol. The molecule has 0 aliphatic rings. The van der Waals surface area contributed by atoms with E-state index in [2.05, 4.69) is 25.2 Å². The third-order valence-electron chi connectivity index (χ3n) is 4.00. The number of hydrogen-bond acceptors (Lipinski definition) is 3. The Hall–Kier alpha value is -1.91. The molecular formula is C19H24FNO2. The highest BCUT2D eigenvalue weighted by atomic mass is 19.1. The lowest BCUT2D eigenvalue weighted by Crippen LogP contribution is -2.21. The number of aliphatic hydroxyl groups is 1. The summed E-state index contributed by atoms with van der Waals surface area (Å²) in [6.45, 7) is 4.48. The van der Waals surface area contributed by atoms with Crippen molar-refractivity contribution in [3.63, 3.8) is 0 Å². The number of ether oxygens (including phenoxy) is 1. The molecule has 0 fully saturated rings. The van der Waals surface area contributed by atoms with Gasteiger partial charge in [-0.25, -0.2) is 4.39 Å². The third-order valence-corrected chi connectivity index (χ3v) is 4.00. The van der Waals surface area contributed by atoms with Crippen molar-refractivity contribution < 1.29 is 14.2 Å². The molecule has 0 bridgehead atoms. The molecule has 124 valence electrons. The summed E-state index contributed by atoms with van der Waals surface area (Å²) in [6.07, 6.45) is 0.911. The predicted octanol–water partition coefficient (Wildman–Crippen LogP) is 3.88. The van der Waals surface area contributed by atoms with Crippen molar-refractivity contribution in [1.82, 2.24) is 5.32 Å². The smallest absolute Gasteiger partial charge is 0.128 e. The first-order chi connectivity index (χ1) is 11.1. The minimum absolute atomic E-state index is 0.146. The Morgan fingerprint density at radius 3 is 2.65 bits per heavy atom. The average Bonchev–Trinajstić information content (AvgIpc) is 2.57. The van der Waals surface area contributed by atoms with Crippen LogP contribution in [0.15, 0.2) is 36.4 Å². The highest BCUT2D eigenvalue weighted by Crippen LogP contribution is 2.28. The molecule has 4 heteroatoms. The highest BCUT2D eigenvalue weighted by Gasteiger charge is 2.14. The Morgan fingerprint density at radius 2 is 2.00 bits per heavy atom. The van der Waals surface area contributed by atoms with E-state index < -0.39 is 0 Å². The Balaban J connectivity index is 2.16. The van der Waals surface area contributed by atoms with Crippen LogP contribution in [0, 0.1) is 12.7 Å². The molecule has 0 saturated heterocycles. The first kappa shape index (κ1) is 17.4. The van der Waals surface area contributed by atoms with Gasteiger partial charge in [-0.15, -0.1) is 0 Å². The molecule has 0 aliphatic carbocycles. The summed E-state index contributed by atoms with van der Waals surface area (Å²) in [5.41, 5.74) is 3.58. The fourth-order valence-electron chi connectivity index (χ4n) is 2.70. The van der Waals surface area contributed by atoms with Crippen LogP contribution in [0.5, 0.6) is 5.75 Å². The summed E-state index contributed by atoms with van der Waals surface area (Å²) in [5.74, 6) is 0.494. The van der Waals surface area contributed by atoms with Crippen LogP contribution in [0.1, 0.15) is 41.6 Å². The van der Waals surface area contributed by atoms with Crippen LogP contribution >= 0.6 is 0 Å². The molecule has 0 spiro atoms. The number of halogens is 1. The van der Waals surface area contributed by atoms with E-state index in [0.29, 0.717) is 12.1 Å². The molecule has 2 rings (SSSR count). The zero-order chi connectivity index (χ0) is 16.8. The van der Waals surface area contributed by atoms with Gasteiger partial charge in [0.05, 0.1) is 13.7 Å². The quantitative estimate of drug-likeness (QED) is 0.814. The Morgan fingerprint density at radius 1 is 1.22 bits per heavy atom. The molecule has 0 saturated carbocycles. The van der Waals surface area contributed by atoms with Crippen molar-refractivity contribution in [1.29, 1.82) is 0 Å². The number of hydrogen-bond donors (Lipinski definition) is 2. The van der Waals surface area contributed by atoms with E-state index in [1.807, 2.05) is 12.1 Å². The van der Waals surface area contributed by atoms with Crippen molar-refractivity contribution in [3.05, 3.63) is 64.5 Å². The first-order valence-electron chi connectivity index (χ1n) is 7.85. The standard InChI is InChI=1S/C19H24FNO2/c1-4-18(16-9-13(2)5-8-19(16)23-3)21-11-14-6-7-17(20)15(10-14)12-22/h5-10,18,21-22H,4,11-12H2,1-3H3. The molecule has 0 aromatic heterocycles. The summed E-state index contributed by atoms with van der Waals surface area (Å²) in [7, 11) is 1.67. The molecule has 23 heavy (non-hydrogen) atoms. The van der Waals surface area contributed by atoms with Crippen LogP contribution in [0.4, 0.5) is 4.39 Å². The van der Waals surface area contributed by atoms with Gasteiger partial charge in [0.15, 0.2) is 0 Å². The Labute approximate surface area is 137 Å². The number of benzene rings is 2. The predicted molar refractivity (Wildman–Crippen MR) is 89.9 cm³/mol. The maximum Gasteiger partial charge on any atom is 0.128 e. The van der Waals surface area contributed by atoms with Crippen molar-refractivity contribution in [2.75, 3.05) is 7.11 Å². The molecule has 0 heterocycles. The van der Waals surface area contributed by atoms with Gasteiger partial charge < -0.3 is 15.2 Å². The fraction of sp³-hybridized carbons (Fsp3) is 0.368. The zero-order valence-electron chi connectivity index (χ0n) is 13.9. The first-order valence-corrected chi connectivity index (χ1v) is 7.85. The molecule has 2 N–H and O–H groups in total. The van der Waals surface area contributed by atoms with E-state index in [9.17, 15) is 4.39 Å². The molecule has 2 aromatic rings. The summed E-state index contributed by atoms with van der Waals surface area (Å²) in [5, 5.41) is 12.7. The Bertz CT molecular complexity index is 658. The van der Waals surface area contributed by atoms with Crippen molar-refractivity contribution in [2.45, 2.75) is 39.5 Å². The second-order valence-corrected chi connectivity index (χ2v) is 5.67. The van der Waals surface area contributed by atoms with E-state index in [1.54, 1.807) is 19.2 Å². The molecule has 0 radical (unpaired) electrons. The maximum atomic E-state index is 13.4. The summed E-state index contributed by atoms with van der Waals surface area (Å²) in [6, 6.07) is 11.1. The van der Waals surface area contributed by atoms with Crippen LogP contribution in [0.25, 0.3) is 0 Å². The number of nitrogens with one attached hydrogen (secondary N) is 1. The van der Waals surface area contributed by atoms with E-state index in [1.165, 1.54) is 11.6 Å². The van der Waals surface area contributed by atoms with Gasteiger partial charge in [-0.3, -0.25) is 0 Å². The second-order valence-electron chi connectivity index (χ2n) is 5.67. The molecule has 2 aromatic carbocycles. The summed E-state index contributed by atoms with van der Waals surface area (Å²) < 4.78 is 18.9. The van der Waals surface area contributed by atoms with E-state index >= 15 is 0 Å². The molecular weight excluding hydrogens is 293 g/mol. The van der Waals surface area contributed by atoms with E-state index in [4.69, 9.17) is 9.84 Å². The Kier molecular flexibility index (Phi) is 6.13. The van der Waals surface area contributed by atoms with Crippen molar-refractivity contribution >= 4 is 0 Å². The van der Waals surface area contributed by atoms with Gasteiger partial charge in [0.2, 0.25) is 0 Å².